The molecule has 0 radical (unpaired) electrons. The zero-order valence-corrected chi connectivity index (χ0v) is 17.7. The molecular formula is C23H18N6O2S. The second kappa shape index (κ2) is 8.56. The molecule has 2 N–H and O–H groups in total. The number of hydrogen-bond acceptors (Lipinski definition) is 6. The van der Waals surface area contributed by atoms with E-state index < -0.39 is 0 Å². The molecule has 1 aromatic carbocycles. The molecule has 4 aromatic heterocycles. The van der Waals surface area contributed by atoms with Crippen LogP contribution < -0.4 is 10.9 Å². The fourth-order valence-corrected chi connectivity index (χ4v) is 4.35. The molecule has 8 nitrogen and oxygen atoms in total. The van der Waals surface area contributed by atoms with E-state index in [9.17, 15) is 9.59 Å². The first-order chi connectivity index (χ1) is 15.7. The largest absolute Gasteiger partial charge is 0.349 e. The number of thiophene rings is 1. The zero-order valence-electron chi connectivity index (χ0n) is 16.9. The van der Waals surface area contributed by atoms with Gasteiger partial charge in [-0.1, -0.05) is 24.3 Å². The number of amides is 1. The number of aromatic nitrogens is 5. The summed E-state index contributed by atoms with van der Waals surface area (Å²) in [5.41, 5.74) is 2.49. The molecule has 9 heteroatoms. The average Bonchev–Trinajstić information content (AvgIpc) is 3.49. The third-order valence-electron chi connectivity index (χ3n) is 5.04. The normalized spacial score (nSPS) is 11.0. The third-order valence-corrected chi connectivity index (χ3v) is 5.92. The molecule has 0 saturated carbocycles. The van der Waals surface area contributed by atoms with Crippen LogP contribution in [0.15, 0.2) is 77.4 Å². The number of aromatic amines is 1. The summed E-state index contributed by atoms with van der Waals surface area (Å²) in [5, 5.41) is 10.7. The van der Waals surface area contributed by atoms with Crippen molar-refractivity contribution in [2.24, 2.45) is 0 Å². The minimum absolute atomic E-state index is 0.230. The fourth-order valence-electron chi connectivity index (χ4n) is 3.56. The number of pyridine rings is 1. The Morgan fingerprint density at radius 3 is 2.84 bits per heavy atom. The molecule has 0 aliphatic rings. The Kier molecular flexibility index (Phi) is 5.30. The minimum Gasteiger partial charge on any atom is -0.349 e. The van der Waals surface area contributed by atoms with Gasteiger partial charge in [-0.2, -0.15) is 5.10 Å². The van der Waals surface area contributed by atoms with Crippen LogP contribution >= 0.6 is 11.3 Å². The second-order valence-corrected chi connectivity index (χ2v) is 8.00. The van der Waals surface area contributed by atoms with Crippen LogP contribution in [0, 0.1) is 0 Å². The summed E-state index contributed by atoms with van der Waals surface area (Å²) in [5.74, 6) is -0.341. The van der Waals surface area contributed by atoms with Crippen LogP contribution in [-0.4, -0.2) is 37.2 Å². The van der Waals surface area contributed by atoms with Crippen molar-refractivity contribution in [3.05, 3.63) is 88.7 Å². The Balaban J connectivity index is 1.36. The van der Waals surface area contributed by atoms with Gasteiger partial charge < -0.3 is 10.3 Å². The lowest BCUT2D eigenvalue weighted by molar-refractivity contribution is 0.0947. The highest BCUT2D eigenvalue weighted by Gasteiger charge is 2.17. The number of H-pyrrole nitrogens is 1. The molecule has 4 heterocycles. The van der Waals surface area contributed by atoms with E-state index in [2.05, 4.69) is 25.4 Å². The smallest absolute Gasteiger partial charge is 0.267 e. The SMILES string of the molecule is O=C(NCCn1ncc(-c2cnccn2)c1-c1cccs1)c1cc2ccccc2c(=O)[nH]1. The summed E-state index contributed by atoms with van der Waals surface area (Å²) in [6.45, 7) is 0.796. The topological polar surface area (TPSA) is 106 Å². The second-order valence-electron chi connectivity index (χ2n) is 7.05. The minimum atomic E-state index is -0.341. The van der Waals surface area contributed by atoms with Crippen LogP contribution in [0.5, 0.6) is 0 Å². The summed E-state index contributed by atoms with van der Waals surface area (Å²) in [7, 11) is 0. The number of rotatable bonds is 6. The number of fused-ring (bicyclic) bond motifs is 1. The predicted octanol–water partition coefficient (Wildman–Crippen LogP) is 3.34. The van der Waals surface area contributed by atoms with E-state index >= 15 is 0 Å². The molecule has 0 atom stereocenters. The zero-order chi connectivity index (χ0) is 21.9. The van der Waals surface area contributed by atoms with Gasteiger partial charge in [0.05, 0.1) is 35.2 Å². The highest BCUT2D eigenvalue weighted by molar-refractivity contribution is 7.13. The number of nitrogens with zero attached hydrogens (tertiary/aromatic N) is 4. The van der Waals surface area contributed by atoms with E-state index in [1.54, 1.807) is 54.3 Å². The van der Waals surface area contributed by atoms with Crippen molar-refractivity contribution in [2.75, 3.05) is 6.54 Å². The predicted molar refractivity (Wildman–Crippen MR) is 123 cm³/mol. The van der Waals surface area contributed by atoms with Crippen molar-refractivity contribution >= 4 is 28.0 Å². The third kappa shape index (κ3) is 3.81. The molecule has 0 bridgehead atoms. The quantitative estimate of drug-likeness (QED) is 0.420. The summed E-state index contributed by atoms with van der Waals surface area (Å²) < 4.78 is 1.85. The van der Waals surface area contributed by atoms with Gasteiger partial charge in [-0.15, -0.1) is 11.3 Å². The Hall–Kier alpha value is -4.11. The van der Waals surface area contributed by atoms with Crippen molar-refractivity contribution in [1.29, 1.82) is 0 Å². The first kappa shape index (κ1) is 19.8. The Morgan fingerprint density at radius 1 is 1.12 bits per heavy atom. The first-order valence-electron chi connectivity index (χ1n) is 9.97. The van der Waals surface area contributed by atoms with Gasteiger partial charge in [-0.25, -0.2) is 0 Å². The molecule has 1 amide bonds. The number of carbonyl (C=O) groups is 1. The molecule has 5 rings (SSSR count). The molecule has 32 heavy (non-hydrogen) atoms. The van der Waals surface area contributed by atoms with E-state index in [0.717, 1.165) is 27.2 Å². The van der Waals surface area contributed by atoms with E-state index in [1.165, 1.54) is 0 Å². The number of benzene rings is 1. The maximum absolute atomic E-state index is 12.6. The van der Waals surface area contributed by atoms with E-state index in [1.807, 2.05) is 34.3 Å². The average molecular weight is 443 g/mol. The number of carbonyl (C=O) groups excluding carboxylic acids is 1. The van der Waals surface area contributed by atoms with Gasteiger partial charge in [-0.05, 0) is 29.0 Å². The van der Waals surface area contributed by atoms with Gasteiger partial charge in [0, 0.05) is 29.9 Å². The monoisotopic (exact) mass is 442 g/mol. The fraction of sp³-hybridized carbons (Fsp3) is 0.0870. The number of nitrogens with one attached hydrogen (secondary N) is 2. The Bertz CT molecular complexity index is 1440. The lowest BCUT2D eigenvalue weighted by Gasteiger charge is -2.10. The lowest BCUT2D eigenvalue weighted by Crippen LogP contribution is -2.29. The molecule has 0 aliphatic carbocycles. The molecule has 158 valence electrons. The van der Waals surface area contributed by atoms with Crippen LogP contribution in [0.25, 0.3) is 32.6 Å². The summed E-state index contributed by atoms with van der Waals surface area (Å²) >= 11 is 1.61. The Morgan fingerprint density at radius 2 is 2.03 bits per heavy atom. The van der Waals surface area contributed by atoms with Crippen LogP contribution in [-0.2, 0) is 6.54 Å². The van der Waals surface area contributed by atoms with E-state index in [0.29, 0.717) is 18.5 Å². The molecule has 0 aliphatic heterocycles. The van der Waals surface area contributed by atoms with Crippen LogP contribution in [0.3, 0.4) is 0 Å². The summed E-state index contributed by atoms with van der Waals surface area (Å²) in [6.07, 6.45) is 6.75. The molecule has 0 fully saturated rings. The Labute approximate surface area is 186 Å². The van der Waals surface area contributed by atoms with Gasteiger partial charge >= 0.3 is 0 Å². The van der Waals surface area contributed by atoms with E-state index in [4.69, 9.17) is 0 Å². The van der Waals surface area contributed by atoms with Crippen molar-refractivity contribution in [1.82, 2.24) is 30.0 Å². The van der Waals surface area contributed by atoms with Crippen molar-refractivity contribution in [2.45, 2.75) is 6.54 Å². The van der Waals surface area contributed by atoms with Gasteiger partial charge in [0.1, 0.15) is 5.69 Å². The maximum Gasteiger partial charge on any atom is 0.267 e. The van der Waals surface area contributed by atoms with Crippen molar-refractivity contribution in [3.8, 4) is 21.8 Å². The molecule has 0 unspecified atom stereocenters. The van der Waals surface area contributed by atoms with Crippen LogP contribution in [0.4, 0.5) is 0 Å². The van der Waals surface area contributed by atoms with E-state index in [-0.39, 0.29) is 17.2 Å². The molecular weight excluding hydrogens is 424 g/mol. The first-order valence-corrected chi connectivity index (χ1v) is 10.8. The summed E-state index contributed by atoms with van der Waals surface area (Å²) in [4.78, 5) is 37.2. The molecule has 5 aromatic rings. The standard InChI is InChI=1S/C23H18N6O2S/c30-22-16-5-2-1-4-15(16)12-18(28-22)23(31)26-9-10-29-21(20-6-3-11-32-20)17(13-27-29)19-14-24-7-8-25-19/h1-8,11-14H,9-10H2,(H,26,31)(H,28,30). The van der Waals surface area contributed by atoms with Gasteiger partial charge in [0.25, 0.3) is 11.5 Å². The lowest BCUT2D eigenvalue weighted by atomic mass is 10.1. The highest BCUT2D eigenvalue weighted by Crippen LogP contribution is 2.33. The van der Waals surface area contributed by atoms with Crippen molar-refractivity contribution < 1.29 is 4.79 Å². The highest BCUT2D eigenvalue weighted by atomic mass is 32.1. The van der Waals surface area contributed by atoms with Crippen molar-refractivity contribution in [3.63, 3.8) is 0 Å². The summed E-state index contributed by atoms with van der Waals surface area (Å²) in [6, 6.07) is 12.9. The molecule has 0 saturated heterocycles. The molecule has 0 spiro atoms. The van der Waals surface area contributed by atoms with Gasteiger partial charge in [0.2, 0.25) is 0 Å². The van der Waals surface area contributed by atoms with Gasteiger partial charge in [-0.3, -0.25) is 24.2 Å². The maximum atomic E-state index is 12.6. The van der Waals surface area contributed by atoms with Crippen LogP contribution in [0.2, 0.25) is 0 Å². The number of hydrogen-bond donors (Lipinski definition) is 2. The van der Waals surface area contributed by atoms with Gasteiger partial charge in [0.15, 0.2) is 0 Å². The van der Waals surface area contributed by atoms with Crippen LogP contribution in [0.1, 0.15) is 10.5 Å².